The van der Waals surface area contributed by atoms with E-state index in [4.69, 9.17) is 9.15 Å². The number of ether oxygens (including phenoxy) is 1. The van der Waals surface area contributed by atoms with Crippen LogP contribution in [0.15, 0.2) is 75.4 Å². The summed E-state index contributed by atoms with van der Waals surface area (Å²) in [5.74, 6) is 0.107. The molecule has 3 aromatic heterocycles. The highest BCUT2D eigenvalue weighted by Crippen LogP contribution is 2.30. The summed E-state index contributed by atoms with van der Waals surface area (Å²) in [7, 11) is 0. The van der Waals surface area contributed by atoms with Gasteiger partial charge in [0, 0.05) is 45.6 Å². The van der Waals surface area contributed by atoms with Crippen LogP contribution in [0.5, 0.6) is 5.75 Å². The molecule has 0 radical (unpaired) electrons. The zero-order valence-corrected chi connectivity index (χ0v) is 16.4. The van der Waals surface area contributed by atoms with E-state index in [1.807, 2.05) is 35.8 Å². The molecule has 2 N–H and O–H groups in total. The average Bonchev–Trinajstić information content (AvgIpc) is 3.38. The summed E-state index contributed by atoms with van der Waals surface area (Å²) in [6, 6.07) is 16.1. The zero-order chi connectivity index (χ0) is 20.5. The fourth-order valence-electron chi connectivity index (χ4n) is 3.17. The Morgan fingerprint density at radius 1 is 1.17 bits per heavy atom. The van der Waals surface area contributed by atoms with Crippen molar-refractivity contribution >= 4 is 44.2 Å². The molecule has 5 rings (SSSR count). The van der Waals surface area contributed by atoms with Crippen LogP contribution in [-0.4, -0.2) is 22.5 Å². The van der Waals surface area contributed by atoms with Gasteiger partial charge in [0.25, 0.3) is 5.91 Å². The SMILES string of the molecule is O=C(COc1ccc2ccc(=O)oc2c1)Nc1nc(-c2c[nH]c3ccccc23)cs1. The van der Waals surface area contributed by atoms with Crippen LogP contribution in [0.25, 0.3) is 33.1 Å². The van der Waals surface area contributed by atoms with E-state index in [1.165, 1.54) is 17.4 Å². The Morgan fingerprint density at radius 2 is 2.03 bits per heavy atom. The molecule has 2 aromatic carbocycles. The van der Waals surface area contributed by atoms with Gasteiger partial charge in [-0.05, 0) is 24.3 Å². The third-order valence-corrected chi connectivity index (χ3v) is 5.34. The molecule has 0 saturated carbocycles. The number of H-pyrrole nitrogens is 1. The lowest BCUT2D eigenvalue weighted by Gasteiger charge is -2.06. The van der Waals surface area contributed by atoms with Gasteiger partial charge < -0.3 is 14.1 Å². The average molecular weight is 417 g/mol. The molecule has 1 amide bonds. The summed E-state index contributed by atoms with van der Waals surface area (Å²) < 4.78 is 10.6. The lowest BCUT2D eigenvalue weighted by atomic mass is 10.1. The Hall–Kier alpha value is -3.91. The van der Waals surface area contributed by atoms with Crippen LogP contribution in [0.4, 0.5) is 5.13 Å². The minimum absolute atomic E-state index is 0.190. The van der Waals surface area contributed by atoms with Gasteiger partial charge in [-0.1, -0.05) is 18.2 Å². The van der Waals surface area contributed by atoms with Crippen molar-refractivity contribution in [2.24, 2.45) is 0 Å². The standard InChI is InChI=1S/C22H15N3O4S/c26-20(11-28-14-7-5-13-6-8-21(27)29-19(13)9-14)25-22-24-18(12-30-22)16-10-23-17-4-2-1-3-15(16)17/h1-10,12,23H,11H2,(H,24,25,26). The maximum Gasteiger partial charge on any atom is 0.336 e. The predicted octanol–water partition coefficient (Wildman–Crippen LogP) is 4.42. The molecular formula is C22H15N3O4S. The highest BCUT2D eigenvalue weighted by Gasteiger charge is 2.12. The van der Waals surface area contributed by atoms with Crippen molar-refractivity contribution in [2.45, 2.75) is 0 Å². The Labute approximate surface area is 173 Å². The summed E-state index contributed by atoms with van der Waals surface area (Å²) >= 11 is 1.35. The number of amides is 1. The first-order valence-corrected chi connectivity index (χ1v) is 10.0. The van der Waals surface area contributed by atoms with Crippen molar-refractivity contribution in [1.82, 2.24) is 9.97 Å². The van der Waals surface area contributed by atoms with Crippen molar-refractivity contribution < 1.29 is 13.9 Å². The topological polar surface area (TPSA) is 97.2 Å². The van der Waals surface area contributed by atoms with Crippen molar-refractivity contribution in [3.63, 3.8) is 0 Å². The number of anilines is 1. The lowest BCUT2D eigenvalue weighted by molar-refractivity contribution is -0.118. The molecule has 0 spiro atoms. The number of aromatic nitrogens is 2. The molecule has 0 aliphatic heterocycles. The van der Waals surface area contributed by atoms with Crippen LogP contribution in [0, 0.1) is 0 Å². The third-order valence-electron chi connectivity index (χ3n) is 4.58. The van der Waals surface area contributed by atoms with Crippen LogP contribution >= 0.6 is 11.3 Å². The van der Waals surface area contributed by atoms with Crippen LogP contribution in [0.3, 0.4) is 0 Å². The van der Waals surface area contributed by atoms with Crippen LogP contribution in [0.2, 0.25) is 0 Å². The molecule has 0 atom stereocenters. The summed E-state index contributed by atoms with van der Waals surface area (Å²) in [6.45, 7) is -0.190. The van der Waals surface area contributed by atoms with E-state index in [0.717, 1.165) is 27.5 Å². The number of hydrogen-bond donors (Lipinski definition) is 2. The molecule has 148 valence electrons. The van der Waals surface area contributed by atoms with Gasteiger partial charge in [0.05, 0.1) is 5.69 Å². The molecular weight excluding hydrogens is 402 g/mol. The van der Waals surface area contributed by atoms with Gasteiger partial charge in [-0.2, -0.15) is 0 Å². The minimum Gasteiger partial charge on any atom is -0.484 e. The highest BCUT2D eigenvalue weighted by molar-refractivity contribution is 7.14. The molecule has 0 aliphatic rings. The van der Waals surface area contributed by atoms with E-state index in [1.54, 1.807) is 24.3 Å². The van der Waals surface area contributed by atoms with E-state index in [9.17, 15) is 9.59 Å². The Morgan fingerprint density at radius 3 is 2.97 bits per heavy atom. The molecule has 0 saturated heterocycles. The summed E-state index contributed by atoms with van der Waals surface area (Å²) in [5.41, 5.74) is 2.77. The fraction of sp³-hybridized carbons (Fsp3) is 0.0455. The first kappa shape index (κ1) is 18.1. The smallest absolute Gasteiger partial charge is 0.336 e. The number of carbonyl (C=O) groups is 1. The molecule has 0 aliphatic carbocycles. The predicted molar refractivity (Wildman–Crippen MR) is 116 cm³/mol. The first-order valence-electron chi connectivity index (χ1n) is 9.14. The monoisotopic (exact) mass is 417 g/mol. The Balaban J connectivity index is 1.26. The van der Waals surface area contributed by atoms with E-state index >= 15 is 0 Å². The van der Waals surface area contributed by atoms with Gasteiger partial charge in [-0.15, -0.1) is 11.3 Å². The van der Waals surface area contributed by atoms with Gasteiger partial charge in [0.15, 0.2) is 11.7 Å². The number of benzene rings is 2. The molecule has 3 heterocycles. The van der Waals surface area contributed by atoms with Crippen molar-refractivity contribution in [2.75, 3.05) is 11.9 Å². The molecule has 0 unspecified atom stereocenters. The number of nitrogens with one attached hydrogen (secondary N) is 2. The second-order valence-corrected chi connectivity index (χ2v) is 7.43. The van der Waals surface area contributed by atoms with Crippen LogP contribution < -0.4 is 15.7 Å². The van der Waals surface area contributed by atoms with Crippen molar-refractivity contribution in [1.29, 1.82) is 0 Å². The minimum atomic E-state index is -0.438. The normalized spacial score (nSPS) is 11.1. The maximum absolute atomic E-state index is 12.3. The van der Waals surface area contributed by atoms with Crippen LogP contribution in [0.1, 0.15) is 0 Å². The number of thiazole rings is 1. The third kappa shape index (κ3) is 3.56. The summed E-state index contributed by atoms with van der Waals surface area (Å²) in [4.78, 5) is 31.3. The zero-order valence-electron chi connectivity index (χ0n) is 15.5. The first-order chi connectivity index (χ1) is 14.7. The van der Waals surface area contributed by atoms with E-state index in [0.29, 0.717) is 16.5 Å². The second kappa shape index (κ2) is 7.49. The Bertz CT molecular complexity index is 1430. The van der Waals surface area contributed by atoms with Gasteiger partial charge in [-0.3, -0.25) is 10.1 Å². The number of para-hydroxylation sites is 1. The van der Waals surface area contributed by atoms with Crippen molar-refractivity contribution in [3.05, 3.63) is 76.6 Å². The molecule has 0 fully saturated rings. The summed E-state index contributed by atoms with van der Waals surface area (Å²) in [6.07, 6.45) is 1.91. The maximum atomic E-state index is 12.3. The van der Waals surface area contributed by atoms with Crippen LogP contribution in [-0.2, 0) is 4.79 Å². The lowest BCUT2D eigenvalue weighted by Crippen LogP contribution is -2.20. The van der Waals surface area contributed by atoms with E-state index < -0.39 is 5.63 Å². The largest absolute Gasteiger partial charge is 0.484 e. The van der Waals surface area contributed by atoms with Gasteiger partial charge in [0.2, 0.25) is 0 Å². The van der Waals surface area contributed by atoms with E-state index in [-0.39, 0.29) is 12.5 Å². The molecule has 8 heteroatoms. The number of nitrogens with zero attached hydrogens (tertiary/aromatic N) is 1. The van der Waals surface area contributed by atoms with Gasteiger partial charge >= 0.3 is 5.63 Å². The molecule has 7 nitrogen and oxygen atoms in total. The number of rotatable bonds is 5. The van der Waals surface area contributed by atoms with Gasteiger partial charge in [0.1, 0.15) is 11.3 Å². The fourth-order valence-corrected chi connectivity index (χ4v) is 3.90. The molecule has 0 bridgehead atoms. The number of fused-ring (bicyclic) bond motifs is 2. The number of aromatic amines is 1. The quantitative estimate of drug-likeness (QED) is 0.413. The highest BCUT2D eigenvalue weighted by atomic mass is 32.1. The number of carbonyl (C=O) groups excluding carboxylic acids is 1. The number of hydrogen-bond acceptors (Lipinski definition) is 6. The Kier molecular flexibility index (Phi) is 4.53. The van der Waals surface area contributed by atoms with Gasteiger partial charge in [-0.25, -0.2) is 9.78 Å². The molecule has 5 aromatic rings. The molecule has 30 heavy (non-hydrogen) atoms. The summed E-state index contributed by atoms with van der Waals surface area (Å²) in [5, 5.41) is 7.00. The van der Waals surface area contributed by atoms with Crippen molar-refractivity contribution in [3.8, 4) is 17.0 Å². The second-order valence-electron chi connectivity index (χ2n) is 6.58. The van der Waals surface area contributed by atoms with E-state index in [2.05, 4.69) is 15.3 Å².